The number of benzene rings is 3. The molecule has 0 atom stereocenters. The Morgan fingerprint density at radius 2 is 1.32 bits per heavy atom. The Labute approximate surface area is 336 Å². The fraction of sp³-hybridized carbons (Fsp3) is 0.404. The maximum atomic E-state index is 12.6. The van der Waals surface area contributed by atoms with Gasteiger partial charge in [-0.05, 0) is 129 Å². The normalized spacial score (nSPS) is 12.7. The number of rotatable bonds is 24. The molecule has 1 fully saturated rings. The predicted octanol–water partition coefficient (Wildman–Crippen LogP) is 9.73. The number of hydrogen-bond acceptors (Lipinski definition) is 10. The van der Waals surface area contributed by atoms with Gasteiger partial charge in [0.15, 0.2) is 0 Å². The van der Waals surface area contributed by atoms with E-state index in [1.54, 1.807) is 12.1 Å². The van der Waals surface area contributed by atoms with E-state index in [0.29, 0.717) is 38.4 Å². The zero-order valence-electron chi connectivity index (χ0n) is 33.2. The van der Waals surface area contributed by atoms with Crippen molar-refractivity contribution in [3.63, 3.8) is 0 Å². The summed E-state index contributed by atoms with van der Waals surface area (Å²) < 4.78 is 33.1. The van der Waals surface area contributed by atoms with Crippen molar-refractivity contribution in [3.8, 4) is 28.4 Å². The van der Waals surface area contributed by atoms with Crippen molar-refractivity contribution in [2.75, 3.05) is 26.4 Å². The first kappa shape index (κ1) is 44.1. The van der Waals surface area contributed by atoms with Crippen LogP contribution in [0, 0.1) is 0 Å². The number of unbranched alkanes of at least 4 members (excludes halogenated alkanes) is 4. The Hall–Kier alpha value is -5.64. The third-order valence-corrected chi connectivity index (χ3v) is 9.39. The van der Waals surface area contributed by atoms with Gasteiger partial charge in [-0.3, -0.25) is 4.79 Å². The number of carbonyl (C=O) groups is 4. The molecule has 0 heterocycles. The van der Waals surface area contributed by atoms with Crippen LogP contribution in [0.15, 0.2) is 97.6 Å². The molecular formula is C47H56O10. The second kappa shape index (κ2) is 24.8. The molecule has 10 heteroatoms. The van der Waals surface area contributed by atoms with Crippen LogP contribution in [0.1, 0.15) is 95.1 Å². The minimum Gasteiger partial charge on any atom is -0.494 e. The topological polar surface area (TPSA) is 124 Å². The van der Waals surface area contributed by atoms with Gasteiger partial charge in [-0.25, -0.2) is 14.4 Å². The van der Waals surface area contributed by atoms with Crippen LogP contribution in [0.25, 0.3) is 17.2 Å². The summed E-state index contributed by atoms with van der Waals surface area (Å²) >= 11 is 0. The van der Waals surface area contributed by atoms with Crippen molar-refractivity contribution in [1.82, 2.24) is 0 Å². The first-order chi connectivity index (χ1) is 27.7. The van der Waals surface area contributed by atoms with Gasteiger partial charge in [-0.2, -0.15) is 0 Å². The van der Waals surface area contributed by atoms with Gasteiger partial charge in [0.2, 0.25) is 0 Å². The molecule has 0 bridgehead atoms. The van der Waals surface area contributed by atoms with Crippen LogP contribution >= 0.6 is 0 Å². The SMILES string of the molecule is C=CC(=O)OCCCCOc1ccc(-c2ccc(/C=C/C(=O)Oc3ccc(OCCCCCCOC(=O)C(=C)CC(=O)OC4CCCCC4)c(CC)c3)cc2)cc1. The summed E-state index contributed by atoms with van der Waals surface area (Å²) in [4.78, 5) is 48.0. The van der Waals surface area contributed by atoms with Crippen molar-refractivity contribution < 1.29 is 47.6 Å². The summed E-state index contributed by atoms with van der Waals surface area (Å²) in [5.74, 6) is 0.113. The molecule has 57 heavy (non-hydrogen) atoms. The Morgan fingerprint density at radius 3 is 2.02 bits per heavy atom. The third kappa shape index (κ3) is 16.5. The summed E-state index contributed by atoms with van der Waals surface area (Å²) in [7, 11) is 0. The van der Waals surface area contributed by atoms with Crippen molar-refractivity contribution >= 4 is 30.0 Å². The summed E-state index contributed by atoms with van der Waals surface area (Å²) in [5, 5.41) is 0. The number of hydrogen-bond donors (Lipinski definition) is 0. The van der Waals surface area contributed by atoms with Gasteiger partial charge in [0.25, 0.3) is 0 Å². The average Bonchev–Trinajstić information content (AvgIpc) is 3.23. The van der Waals surface area contributed by atoms with Crippen molar-refractivity contribution in [2.45, 2.75) is 96.5 Å². The molecular weight excluding hydrogens is 725 g/mol. The molecule has 1 aliphatic rings. The van der Waals surface area contributed by atoms with E-state index in [1.807, 2.05) is 67.6 Å². The summed E-state index contributed by atoms with van der Waals surface area (Å²) in [6.45, 7) is 10.8. The predicted molar refractivity (Wildman–Crippen MR) is 220 cm³/mol. The van der Waals surface area contributed by atoms with Crippen LogP contribution < -0.4 is 14.2 Å². The standard InChI is InChI=1S/C47H56O10/c1-4-37-34-42(26-27-43(37)53-30-11-6-7-12-32-55-47(51)35(3)33-46(50)56-41-15-9-8-10-16-41)57-45(49)28-19-36-17-20-38(21-18-36)39-22-24-40(25-23-39)52-29-13-14-31-54-44(48)5-2/h5,17-28,34,41H,2-4,6-16,29-33H2,1H3/b28-19+. The molecule has 0 radical (unpaired) electrons. The van der Waals surface area contributed by atoms with Gasteiger partial charge < -0.3 is 28.4 Å². The van der Waals surface area contributed by atoms with Crippen molar-refractivity contribution in [1.29, 1.82) is 0 Å². The van der Waals surface area contributed by atoms with E-state index in [9.17, 15) is 19.2 Å². The van der Waals surface area contributed by atoms with Gasteiger partial charge in [0, 0.05) is 17.7 Å². The lowest BCUT2D eigenvalue weighted by Gasteiger charge is -2.21. The second-order valence-electron chi connectivity index (χ2n) is 13.9. The van der Waals surface area contributed by atoms with E-state index in [4.69, 9.17) is 28.4 Å². The molecule has 1 saturated carbocycles. The molecule has 4 rings (SSSR count). The van der Waals surface area contributed by atoms with E-state index in [-0.39, 0.29) is 24.7 Å². The maximum absolute atomic E-state index is 12.6. The second-order valence-corrected chi connectivity index (χ2v) is 13.9. The monoisotopic (exact) mass is 780 g/mol. The summed E-state index contributed by atoms with van der Waals surface area (Å²) in [5.41, 5.74) is 4.00. The van der Waals surface area contributed by atoms with Crippen LogP contribution in [0.2, 0.25) is 0 Å². The van der Waals surface area contributed by atoms with Crippen molar-refractivity contribution in [3.05, 3.63) is 109 Å². The molecule has 0 aromatic heterocycles. The highest BCUT2D eigenvalue weighted by molar-refractivity contribution is 5.93. The third-order valence-electron chi connectivity index (χ3n) is 9.39. The average molecular weight is 781 g/mol. The van der Waals surface area contributed by atoms with Gasteiger partial charge in [0.1, 0.15) is 23.4 Å². The lowest BCUT2D eigenvalue weighted by Crippen LogP contribution is -2.22. The molecule has 3 aromatic carbocycles. The highest BCUT2D eigenvalue weighted by Crippen LogP contribution is 2.27. The molecule has 0 aliphatic heterocycles. The molecule has 0 N–H and O–H groups in total. The largest absolute Gasteiger partial charge is 0.494 e. The van der Waals surface area contributed by atoms with Crippen LogP contribution in [0.3, 0.4) is 0 Å². The number of ether oxygens (including phenoxy) is 6. The minimum atomic E-state index is -0.551. The molecule has 10 nitrogen and oxygen atoms in total. The van der Waals surface area contributed by atoms with Crippen LogP contribution in [0.4, 0.5) is 0 Å². The van der Waals surface area contributed by atoms with E-state index in [1.165, 1.54) is 12.5 Å². The Morgan fingerprint density at radius 1 is 0.702 bits per heavy atom. The molecule has 3 aromatic rings. The quantitative estimate of drug-likeness (QED) is 0.0285. The zero-order valence-corrected chi connectivity index (χ0v) is 33.2. The highest BCUT2D eigenvalue weighted by atomic mass is 16.6. The molecule has 0 spiro atoms. The number of esters is 4. The smallest absolute Gasteiger partial charge is 0.336 e. The summed E-state index contributed by atoms with van der Waals surface area (Å²) in [6, 6.07) is 21.1. The first-order valence-electron chi connectivity index (χ1n) is 20.1. The van der Waals surface area contributed by atoms with E-state index in [0.717, 1.165) is 97.6 Å². The lowest BCUT2D eigenvalue weighted by molar-refractivity contribution is -0.151. The van der Waals surface area contributed by atoms with Crippen molar-refractivity contribution in [2.24, 2.45) is 0 Å². The van der Waals surface area contributed by atoms with Gasteiger partial charge in [0.05, 0.1) is 32.8 Å². The number of carbonyl (C=O) groups excluding carboxylic acids is 4. The first-order valence-corrected chi connectivity index (χ1v) is 20.1. The number of aryl methyl sites for hydroxylation is 1. The molecule has 0 saturated heterocycles. The van der Waals surface area contributed by atoms with Gasteiger partial charge in [-0.15, -0.1) is 0 Å². The molecule has 1 aliphatic carbocycles. The Kier molecular flexibility index (Phi) is 19.2. The molecule has 0 amide bonds. The molecule has 304 valence electrons. The van der Waals surface area contributed by atoms with E-state index in [2.05, 4.69) is 13.2 Å². The zero-order chi connectivity index (χ0) is 40.7. The van der Waals surface area contributed by atoms with Crippen LogP contribution in [0.5, 0.6) is 17.2 Å². The highest BCUT2D eigenvalue weighted by Gasteiger charge is 2.20. The Bertz CT molecular complexity index is 1790. The fourth-order valence-corrected chi connectivity index (χ4v) is 6.17. The van der Waals surface area contributed by atoms with E-state index >= 15 is 0 Å². The Balaban J connectivity index is 1.09. The van der Waals surface area contributed by atoms with Crippen LogP contribution in [-0.2, 0) is 39.8 Å². The van der Waals surface area contributed by atoms with E-state index < -0.39 is 23.9 Å². The van der Waals surface area contributed by atoms with Gasteiger partial charge in [-0.1, -0.05) is 62.9 Å². The summed E-state index contributed by atoms with van der Waals surface area (Å²) in [6.07, 6.45) is 14.7. The minimum absolute atomic E-state index is 0.0466. The maximum Gasteiger partial charge on any atom is 0.336 e. The van der Waals surface area contributed by atoms with Gasteiger partial charge >= 0.3 is 23.9 Å². The van der Waals surface area contributed by atoms with Crippen LogP contribution in [-0.4, -0.2) is 56.4 Å². The fourth-order valence-electron chi connectivity index (χ4n) is 6.17. The lowest BCUT2D eigenvalue weighted by atomic mass is 9.98. The molecule has 0 unspecified atom stereocenters.